The van der Waals surface area contributed by atoms with Crippen molar-refractivity contribution in [2.45, 2.75) is 71.3 Å². The van der Waals surface area contributed by atoms with Crippen LogP contribution in [-0.2, 0) is 18.4 Å². The number of rotatable bonds is 1. The predicted octanol–water partition coefficient (Wildman–Crippen LogP) is 4.02. The molecule has 1 heterocycles. The second-order valence-corrected chi connectivity index (χ2v) is 8.62. The van der Waals surface area contributed by atoms with E-state index in [1.807, 2.05) is 11.3 Å². The Morgan fingerprint density at radius 1 is 1.21 bits per heavy atom. The molecule has 0 unspecified atom stereocenters. The summed E-state index contributed by atoms with van der Waals surface area (Å²) in [5, 5.41) is 1.23. The Kier molecular flexibility index (Phi) is 3.25. The molecular weight excluding hydrogens is 252 g/mol. The minimum atomic E-state index is -0.128. The Morgan fingerprint density at radius 3 is 2.47 bits per heavy atom. The fourth-order valence-electron chi connectivity index (χ4n) is 3.62. The molecule has 19 heavy (non-hydrogen) atoms. The Bertz CT molecular complexity index is 440. The van der Waals surface area contributed by atoms with Crippen molar-refractivity contribution in [2.24, 2.45) is 17.1 Å². The van der Waals surface area contributed by atoms with Crippen molar-refractivity contribution in [3.05, 3.63) is 15.6 Å². The van der Waals surface area contributed by atoms with Crippen molar-refractivity contribution in [1.29, 1.82) is 0 Å². The standard InChI is InChI=1S/C16H26N2S/c1-15(2,3)11-7-9-16(17,10-8-11)14-18-12-5-4-6-13(12)19-14/h11H,4-10,17H2,1-3H3. The molecule has 0 saturated heterocycles. The van der Waals surface area contributed by atoms with Crippen LogP contribution in [0.4, 0.5) is 0 Å². The molecule has 2 N–H and O–H groups in total. The van der Waals surface area contributed by atoms with Crippen molar-refractivity contribution in [1.82, 2.24) is 4.98 Å². The molecular formula is C16H26N2S. The maximum atomic E-state index is 6.69. The minimum Gasteiger partial charge on any atom is -0.319 e. The summed E-state index contributed by atoms with van der Waals surface area (Å²) in [6, 6.07) is 0. The van der Waals surface area contributed by atoms with Crippen molar-refractivity contribution < 1.29 is 0 Å². The van der Waals surface area contributed by atoms with Gasteiger partial charge >= 0.3 is 0 Å². The summed E-state index contributed by atoms with van der Waals surface area (Å²) >= 11 is 1.90. The van der Waals surface area contributed by atoms with Crippen molar-refractivity contribution in [2.75, 3.05) is 0 Å². The van der Waals surface area contributed by atoms with Crippen LogP contribution in [-0.4, -0.2) is 4.98 Å². The maximum Gasteiger partial charge on any atom is 0.113 e. The lowest BCUT2D eigenvalue weighted by atomic mass is 9.68. The molecule has 1 fully saturated rings. The van der Waals surface area contributed by atoms with E-state index < -0.39 is 0 Å². The van der Waals surface area contributed by atoms with E-state index in [-0.39, 0.29) is 5.54 Å². The normalized spacial score (nSPS) is 31.5. The highest BCUT2D eigenvalue weighted by Crippen LogP contribution is 2.45. The first-order valence-electron chi connectivity index (χ1n) is 7.66. The van der Waals surface area contributed by atoms with Crippen LogP contribution in [0.3, 0.4) is 0 Å². The number of aromatic nitrogens is 1. The Balaban J connectivity index is 1.74. The molecule has 3 rings (SSSR count). The summed E-state index contributed by atoms with van der Waals surface area (Å²) in [6.45, 7) is 7.08. The van der Waals surface area contributed by atoms with Gasteiger partial charge in [-0.2, -0.15) is 0 Å². The maximum absolute atomic E-state index is 6.69. The summed E-state index contributed by atoms with van der Waals surface area (Å²) in [4.78, 5) is 6.38. The fourth-order valence-corrected chi connectivity index (χ4v) is 4.92. The second kappa shape index (κ2) is 4.56. The highest BCUT2D eigenvalue weighted by Gasteiger charge is 2.39. The number of nitrogens with zero attached hydrogens (tertiary/aromatic N) is 1. The van der Waals surface area contributed by atoms with E-state index in [2.05, 4.69) is 20.8 Å². The van der Waals surface area contributed by atoms with Crippen LogP contribution < -0.4 is 5.73 Å². The number of hydrogen-bond donors (Lipinski definition) is 1. The van der Waals surface area contributed by atoms with Gasteiger partial charge in [-0.1, -0.05) is 20.8 Å². The molecule has 2 aliphatic rings. The van der Waals surface area contributed by atoms with E-state index in [0.29, 0.717) is 5.41 Å². The summed E-state index contributed by atoms with van der Waals surface area (Å²) in [5.74, 6) is 0.816. The first-order valence-corrected chi connectivity index (χ1v) is 8.48. The SMILES string of the molecule is CC(C)(C)C1CCC(N)(c2nc3c(s2)CCC3)CC1. The molecule has 0 atom stereocenters. The van der Waals surface area contributed by atoms with Crippen LogP contribution in [0.15, 0.2) is 0 Å². The first kappa shape index (κ1) is 13.6. The number of nitrogens with two attached hydrogens (primary N) is 1. The molecule has 0 spiro atoms. The highest BCUT2D eigenvalue weighted by atomic mass is 32.1. The molecule has 1 saturated carbocycles. The average molecular weight is 278 g/mol. The topological polar surface area (TPSA) is 38.9 Å². The van der Waals surface area contributed by atoms with E-state index in [4.69, 9.17) is 10.7 Å². The van der Waals surface area contributed by atoms with Gasteiger partial charge in [0.2, 0.25) is 0 Å². The second-order valence-electron chi connectivity index (χ2n) is 7.54. The Hall–Kier alpha value is -0.410. The summed E-state index contributed by atoms with van der Waals surface area (Å²) < 4.78 is 0. The number of fused-ring (bicyclic) bond motifs is 1. The molecule has 2 nitrogen and oxygen atoms in total. The van der Waals surface area contributed by atoms with Gasteiger partial charge in [0.05, 0.1) is 11.2 Å². The third-order valence-electron chi connectivity index (χ3n) is 5.12. The van der Waals surface area contributed by atoms with Gasteiger partial charge in [-0.05, 0) is 56.3 Å². The van der Waals surface area contributed by atoms with Crippen LogP contribution in [0.1, 0.15) is 68.5 Å². The number of hydrogen-bond acceptors (Lipinski definition) is 3. The third kappa shape index (κ3) is 2.47. The molecule has 0 radical (unpaired) electrons. The Morgan fingerprint density at radius 2 is 1.89 bits per heavy atom. The fraction of sp³-hybridized carbons (Fsp3) is 0.812. The lowest BCUT2D eigenvalue weighted by Crippen LogP contribution is -2.42. The van der Waals surface area contributed by atoms with E-state index in [1.165, 1.54) is 47.7 Å². The van der Waals surface area contributed by atoms with E-state index in [1.54, 1.807) is 0 Å². The molecule has 0 aliphatic heterocycles. The van der Waals surface area contributed by atoms with Crippen LogP contribution in [0, 0.1) is 11.3 Å². The lowest BCUT2D eigenvalue weighted by molar-refractivity contribution is 0.133. The highest BCUT2D eigenvalue weighted by molar-refractivity contribution is 7.12. The van der Waals surface area contributed by atoms with Gasteiger partial charge in [-0.25, -0.2) is 4.98 Å². The molecule has 0 bridgehead atoms. The largest absolute Gasteiger partial charge is 0.319 e. The van der Waals surface area contributed by atoms with Gasteiger partial charge in [0, 0.05) is 4.88 Å². The minimum absolute atomic E-state index is 0.128. The van der Waals surface area contributed by atoms with Gasteiger partial charge in [0.15, 0.2) is 0 Å². The smallest absolute Gasteiger partial charge is 0.113 e. The van der Waals surface area contributed by atoms with Crippen molar-refractivity contribution in [3.63, 3.8) is 0 Å². The van der Waals surface area contributed by atoms with E-state index in [0.717, 1.165) is 18.8 Å². The molecule has 1 aromatic heterocycles. The molecule has 1 aromatic rings. The molecule has 106 valence electrons. The van der Waals surface area contributed by atoms with Crippen molar-refractivity contribution >= 4 is 11.3 Å². The van der Waals surface area contributed by atoms with Crippen molar-refractivity contribution in [3.8, 4) is 0 Å². The monoisotopic (exact) mass is 278 g/mol. The zero-order valence-electron chi connectivity index (χ0n) is 12.5. The van der Waals surface area contributed by atoms with Gasteiger partial charge in [-0.15, -0.1) is 11.3 Å². The van der Waals surface area contributed by atoms with Gasteiger partial charge in [-0.3, -0.25) is 0 Å². The summed E-state index contributed by atoms with van der Waals surface area (Å²) in [5.41, 5.74) is 8.34. The summed E-state index contributed by atoms with van der Waals surface area (Å²) in [6.07, 6.45) is 8.43. The lowest BCUT2D eigenvalue weighted by Gasteiger charge is -2.41. The molecule has 3 heteroatoms. The predicted molar refractivity (Wildman–Crippen MR) is 81.4 cm³/mol. The van der Waals surface area contributed by atoms with E-state index >= 15 is 0 Å². The zero-order valence-corrected chi connectivity index (χ0v) is 13.3. The van der Waals surface area contributed by atoms with E-state index in [9.17, 15) is 0 Å². The van der Waals surface area contributed by atoms with Crippen LogP contribution in [0.5, 0.6) is 0 Å². The van der Waals surface area contributed by atoms with Gasteiger partial charge < -0.3 is 5.73 Å². The Labute approximate surface area is 120 Å². The zero-order chi connectivity index (χ0) is 13.7. The number of aryl methyl sites for hydroxylation is 2. The summed E-state index contributed by atoms with van der Waals surface area (Å²) in [7, 11) is 0. The van der Waals surface area contributed by atoms with Crippen LogP contribution in [0.2, 0.25) is 0 Å². The first-order chi connectivity index (χ1) is 8.88. The number of thiazole rings is 1. The third-order valence-corrected chi connectivity index (χ3v) is 6.50. The molecule has 0 aromatic carbocycles. The quantitative estimate of drug-likeness (QED) is 0.842. The molecule has 0 amide bonds. The van der Waals surface area contributed by atoms with Gasteiger partial charge in [0.25, 0.3) is 0 Å². The van der Waals surface area contributed by atoms with Crippen LogP contribution >= 0.6 is 11.3 Å². The molecule has 2 aliphatic carbocycles. The average Bonchev–Trinajstić information content (AvgIpc) is 2.88. The van der Waals surface area contributed by atoms with Crippen LogP contribution in [0.25, 0.3) is 0 Å². The van der Waals surface area contributed by atoms with Gasteiger partial charge in [0.1, 0.15) is 5.01 Å².